The van der Waals surface area contributed by atoms with E-state index < -0.39 is 5.97 Å². The van der Waals surface area contributed by atoms with Gasteiger partial charge in [0.25, 0.3) is 11.1 Å². The van der Waals surface area contributed by atoms with Crippen LogP contribution in [0, 0.1) is 0 Å². The van der Waals surface area contributed by atoms with Crippen molar-refractivity contribution in [3.63, 3.8) is 0 Å². The number of carbonyl (C=O) groups is 3. The summed E-state index contributed by atoms with van der Waals surface area (Å²) in [7, 11) is 1.48. The minimum Gasteiger partial charge on any atom is -0.493 e. The summed E-state index contributed by atoms with van der Waals surface area (Å²) in [6.45, 7) is 3.79. The molecule has 1 aliphatic heterocycles. The normalized spacial score (nSPS) is 16.2. The van der Waals surface area contributed by atoms with Crippen LogP contribution in [0.25, 0.3) is 6.08 Å². The number of nitrogens with zero attached hydrogens (tertiary/aromatic N) is 1. The van der Waals surface area contributed by atoms with Crippen LogP contribution in [-0.2, 0) is 11.4 Å². The van der Waals surface area contributed by atoms with E-state index in [1.807, 2.05) is 13.8 Å². The number of carboxylic acid groups (broad SMARTS) is 1. The predicted molar refractivity (Wildman–Crippen MR) is 111 cm³/mol. The van der Waals surface area contributed by atoms with E-state index >= 15 is 0 Å². The molecule has 1 aliphatic rings. The van der Waals surface area contributed by atoms with Crippen molar-refractivity contribution in [3.05, 3.63) is 52.3 Å². The molecule has 1 fully saturated rings. The fourth-order valence-electron chi connectivity index (χ4n) is 2.81. The molecular formula is C21H21NO7S. The minimum atomic E-state index is -1.15. The number of amides is 2. The molecule has 0 aliphatic carbocycles. The van der Waals surface area contributed by atoms with Crippen molar-refractivity contribution in [2.75, 3.05) is 7.11 Å². The molecule has 1 aromatic carbocycles. The molecule has 3 rings (SSSR count). The Morgan fingerprint density at radius 3 is 2.67 bits per heavy atom. The van der Waals surface area contributed by atoms with E-state index in [0.29, 0.717) is 34.1 Å². The molecule has 0 spiro atoms. The Kier molecular flexibility index (Phi) is 6.51. The number of thioether (sulfide) groups is 1. The summed E-state index contributed by atoms with van der Waals surface area (Å²) in [6, 6.07) is 7.82. The smallest absolute Gasteiger partial charge is 0.371 e. The van der Waals surface area contributed by atoms with Crippen LogP contribution in [0.2, 0.25) is 0 Å². The SMILES string of the molecule is CCC(C)N1C(=O)SC(=Cc2ccc(OCc3ccc(C(=O)O)o3)c(OC)c2)C1=O. The summed E-state index contributed by atoms with van der Waals surface area (Å²) < 4.78 is 16.2. The van der Waals surface area contributed by atoms with Crippen molar-refractivity contribution in [2.24, 2.45) is 0 Å². The summed E-state index contributed by atoms with van der Waals surface area (Å²) in [5.74, 6) is -0.406. The van der Waals surface area contributed by atoms with Crippen LogP contribution in [0.3, 0.4) is 0 Å². The van der Waals surface area contributed by atoms with Gasteiger partial charge in [-0.15, -0.1) is 0 Å². The molecule has 2 amide bonds. The lowest BCUT2D eigenvalue weighted by Crippen LogP contribution is -2.36. The highest BCUT2D eigenvalue weighted by molar-refractivity contribution is 8.18. The number of carbonyl (C=O) groups excluding carboxylic acids is 2. The first kappa shape index (κ1) is 21.5. The predicted octanol–water partition coefficient (Wildman–Crippen LogP) is 4.40. The van der Waals surface area contributed by atoms with Crippen LogP contribution >= 0.6 is 11.8 Å². The largest absolute Gasteiger partial charge is 0.493 e. The van der Waals surface area contributed by atoms with Gasteiger partial charge in [-0.05, 0) is 61.0 Å². The third-order valence-corrected chi connectivity index (χ3v) is 5.47. The van der Waals surface area contributed by atoms with E-state index in [4.69, 9.17) is 19.0 Å². The van der Waals surface area contributed by atoms with Gasteiger partial charge in [-0.2, -0.15) is 0 Å². The number of rotatable bonds is 8. The maximum atomic E-state index is 12.6. The summed E-state index contributed by atoms with van der Waals surface area (Å²) in [4.78, 5) is 37.2. The molecule has 30 heavy (non-hydrogen) atoms. The molecule has 1 aromatic heterocycles. The molecule has 0 radical (unpaired) electrons. The van der Waals surface area contributed by atoms with Gasteiger partial charge in [0.1, 0.15) is 12.4 Å². The molecular weight excluding hydrogens is 410 g/mol. The van der Waals surface area contributed by atoms with Gasteiger partial charge >= 0.3 is 5.97 Å². The average molecular weight is 431 g/mol. The third-order valence-electron chi connectivity index (χ3n) is 4.58. The highest BCUT2D eigenvalue weighted by Gasteiger charge is 2.37. The summed E-state index contributed by atoms with van der Waals surface area (Å²) in [5, 5.41) is 8.63. The first-order chi connectivity index (χ1) is 14.3. The van der Waals surface area contributed by atoms with Gasteiger partial charge in [-0.1, -0.05) is 13.0 Å². The zero-order valence-corrected chi connectivity index (χ0v) is 17.5. The van der Waals surface area contributed by atoms with Crippen molar-refractivity contribution in [1.29, 1.82) is 0 Å². The topological polar surface area (TPSA) is 106 Å². The van der Waals surface area contributed by atoms with Gasteiger partial charge in [0.05, 0.1) is 12.0 Å². The fourth-order valence-corrected chi connectivity index (χ4v) is 3.74. The highest BCUT2D eigenvalue weighted by Crippen LogP contribution is 2.36. The number of ether oxygens (including phenoxy) is 2. The number of furan rings is 1. The van der Waals surface area contributed by atoms with Crippen molar-refractivity contribution < 1.29 is 33.4 Å². The molecule has 2 heterocycles. The number of benzene rings is 1. The molecule has 1 unspecified atom stereocenters. The lowest BCUT2D eigenvalue weighted by molar-refractivity contribution is -0.124. The zero-order valence-electron chi connectivity index (χ0n) is 16.7. The van der Waals surface area contributed by atoms with Crippen LogP contribution in [-0.4, -0.2) is 40.3 Å². The van der Waals surface area contributed by atoms with Gasteiger partial charge in [0.15, 0.2) is 11.5 Å². The molecule has 158 valence electrons. The number of aromatic carboxylic acids is 1. The molecule has 2 aromatic rings. The number of imide groups is 1. The summed E-state index contributed by atoms with van der Waals surface area (Å²) >= 11 is 0.916. The standard InChI is InChI=1S/C21H21NO7S/c1-4-12(2)22-19(23)18(30-21(22)26)10-13-5-7-15(17(9-13)27-3)28-11-14-6-8-16(29-14)20(24)25/h5-10,12H,4,11H2,1-3H3,(H,24,25). The summed E-state index contributed by atoms with van der Waals surface area (Å²) in [5.41, 5.74) is 0.681. The quantitative estimate of drug-likeness (QED) is 0.613. The second-order valence-corrected chi connectivity index (χ2v) is 7.57. The van der Waals surface area contributed by atoms with Gasteiger partial charge in [-0.3, -0.25) is 14.5 Å². The van der Waals surface area contributed by atoms with E-state index in [-0.39, 0.29) is 29.6 Å². The Hall–Kier alpha value is -3.20. The average Bonchev–Trinajstić information content (AvgIpc) is 3.31. The molecule has 1 atom stereocenters. The van der Waals surface area contributed by atoms with Crippen molar-refractivity contribution in [1.82, 2.24) is 4.90 Å². The number of carboxylic acids is 1. The maximum absolute atomic E-state index is 12.6. The Balaban J connectivity index is 1.75. The number of methoxy groups -OCH3 is 1. The molecule has 0 saturated carbocycles. The third kappa shape index (κ3) is 4.51. The molecule has 9 heteroatoms. The lowest BCUT2D eigenvalue weighted by Gasteiger charge is -2.19. The van der Waals surface area contributed by atoms with E-state index in [2.05, 4.69) is 0 Å². The van der Waals surface area contributed by atoms with Crippen molar-refractivity contribution >= 4 is 35.0 Å². The monoisotopic (exact) mass is 431 g/mol. The summed E-state index contributed by atoms with van der Waals surface area (Å²) in [6.07, 6.45) is 2.33. The molecule has 0 bridgehead atoms. The van der Waals surface area contributed by atoms with Crippen LogP contribution in [0.1, 0.15) is 42.1 Å². The second kappa shape index (κ2) is 9.08. The minimum absolute atomic E-state index is 0.0246. The number of hydrogen-bond donors (Lipinski definition) is 1. The first-order valence-electron chi connectivity index (χ1n) is 9.24. The van der Waals surface area contributed by atoms with Crippen molar-refractivity contribution in [2.45, 2.75) is 32.9 Å². The van der Waals surface area contributed by atoms with E-state index in [1.54, 1.807) is 24.3 Å². The second-order valence-electron chi connectivity index (χ2n) is 6.58. The fraction of sp³-hybridized carbons (Fsp3) is 0.286. The highest BCUT2D eigenvalue weighted by atomic mass is 32.2. The van der Waals surface area contributed by atoms with Crippen molar-refractivity contribution in [3.8, 4) is 11.5 Å². The zero-order chi connectivity index (χ0) is 21.8. The van der Waals surface area contributed by atoms with E-state index in [9.17, 15) is 14.4 Å². The molecule has 1 N–H and O–H groups in total. The van der Waals surface area contributed by atoms with Crippen LogP contribution in [0.5, 0.6) is 11.5 Å². The maximum Gasteiger partial charge on any atom is 0.371 e. The first-order valence-corrected chi connectivity index (χ1v) is 10.1. The van der Waals surface area contributed by atoms with Gasteiger partial charge < -0.3 is 19.0 Å². The molecule has 1 saturated heterocycles. The van der Waals surface area contributed by atoms with Gasteiger partial charge in [0, 0.05) is 6.04 Å². The van der Waals surface area contributed by atoms with E-state index in [1.165, 1.54) is 24.1 Å². The Morgan fingerprint density at radius 1 is 1.27 bits per heavy atom. The van der Waals surface area contributed by atoms with Gasteiger partial charge in [-0.25, -0.2) is 4.79 Å². The number of hydrogen-bond acceptors (Lipinski definition) is 7. The Labute approximate surface area is 177 Å². The van der Waals surface area contributed by atoms with Gasteiger partial charge in [0.2, 0.25) is 5.76 Å². The van der Waals surface area contributed by atoms with E-state index in [0.717, 1.165) is 11.8 Å². The Bertz CT molecular complexity index is 1010. The molecule has 8 nitrogen and oxygen atoms in total. The van der Waals surface area contributed by atoms with Crippen LogP contribution in [0.4, 0.5) is 4.79 Å². The van der Waals surface area contributed by atoms with Crippen LogP contribution in [0.15, 0.2) is 39.7 Å². The Morgan fingerprint density at radius 2 is 2.03 bits per heavy atom. The van der Waals surface area contributed by atoms with Crippen LogP contribution < -0.4 is 9.47 Å². The lowest BCUT2D eigenvalue weighted by atomic mass is 10.1.